The van der Waals surface area contributed by atoms with Crippen LogP contribution in [0.25, 0.3) is 22.3 Å². The highest BCUT2D eigenvalue weighted by atomic mass is 16.7. The third-order valence-corrected chi connectivity index (χ3v) is 10.9. The largest absolute Gasteiger partial charge is 0.504 e. The molecule has 5 aromatic carbocycles. The molecule has 9 rings (SSSR count). The molecule has 4 aliphatic rings. The van der Waals surface area contributed by atoms with Crippen molar-refractivity contribution in [3.05, 3.63) is 58.1 Å². The van der Waals surface area contributed by atoms with Gasteiger partial charge in [-0.25, -0.2) is 24.0 Å². The third kappa shape index (κ3) is 6.30. The molecule has 0 amide bonds. The maximum atomic E-state index is 14.5. The number of aromatic hydroxyl groups is 13. The summed E-state index contributed by atoms with van der Waals surface area (Å²) in [6, 6.07) is 2.59. The van der Waals surface area contributed by atoms with E-state index in [4.69, 9.17) is 33.2 Å². The van der Waals surface area contributed by atoms with E-state index >= 15 is 0 Å². The van der Waals surface area contributed by atoms with E-state index in [1.54, 1.807) is 0 Å². The Labute approximate surface area is 367 Å². The summed E-state index contributed by atoms with van der Waals surface area (Å²) in [6.07, 6.45) is -11.5. The summed E-state index contributed by atoms with van der Waals surface area (Å²) in [5.74, 6) is -27.9. The van der Waals surface area contributed by atoms with Crippen molar-refractivity contribution in [3.63, 3.8) is 0 Å². The van der Waals surface area contributed by atoms with E-state index in [1.807, 2.05) is 0 Å². The van der Waals surface area contributed by atoms with Crippen LogP contribution >= 0.6 is 0 Å². The van der Waals surface area contributed by atoms with Gasteiger partial charge in [0.2, 0.25) is 34.5 Å². The third-order valence-electron chi connectivity index (χ3n) is 10.9. The number of aliphatic hydroxyl groups excluding tert-OH is 1. The maximum Gasteiger partial charge on any atom is 0.347 e. The van der Waals surface area contributed by atoms with Crippen molar-refractivity contribution < 1.29 is 129 Å². The zero-order valence-corrected chi connectivity index (χ0v) is 32.6. The smallest absolute Gasteiger partial charge is 0.347 e. The van der Waals surface area contributed by atoms with Crippen molar-refractivity contribution >= 4 is 29.8 Å². The van der Waals surface area contributed by atoms with E-state index in [0.29, 0.717) is 30.3 Å². The fraction of sp³-hybridized carbons (Fsp3) is 0.146. The van der Waals surface area contributed by atoms with Crippen LogP contribution in [-0.4, -0.2) is 139 Å². The van der Waals surface area contributed by atoms with Crippen molar-refractivity contribution in [2.75, 3.05) is 6.61 Å². The zero-order chi connectivity index (χ0) is 48.4. The van der Waals surface area contributed by atoms with Crippen LogP contribution in [0.15, 0.2) is 30.3 Å². The summed E-state index contributed by atoms with van der Waals surface area (Å²) in [6.45, 7) is -1.18. The van der Waals surface area contributed by atoms with Crippen LogP contribution in [0.5, 0.6) is 92.0 Å². The van der Waals surface area contributed by atoms with Gasteiger partial charge >= 0.3 is 29.8 Å². The number of cyclic esters (lactones) is 1. The molecule has 4 heterocycles. The number of carbonyl (C=O) groups excluding carboxylic acids is 5. The Hall–Kier alpha value is -9.43. The van der Waals surface area contributed by atoms with E-state index in [9.17, 15) is 95.5 Å². The molecule has 67 heavy (non-hydrogen) atoms. The Morgan fingerprint density at radius 1 is 0.388 bits per heavy atom. The average Bonchev–Trinajstić information content (AvgIpc) is 3.43. The molecular formula is C41H26O26. The Morgan fingerprint density at radius 2 is 0.791 bits per heavy atom. The highest BCUT2D eigenvalue weighted by Gasteiger charge is 2.54. The SMILES string of the molecule is O=C1Oc2c(cc3c(c2O)-c2c(cc(O)c(O)c2O)C(=O)O[C@H]2[C@@H]4OC(=O)c5cc(O)c(O)c(O)c5-c5c(cc(O)c(O)c5O)C(=O)O[C@H]4C(O)O[C@@H]2COC3=O)Oc2c1cc(O)c(O)c2O. The Kier molecular flexibility index (Phi) is 9.48. The van der Waals surface area contributed by atoms with Crippen LogP contribution in [0.2, 0.25) is 0 Å². The second kappa shape index (κ2) is 14.8. The van der Waals surface area contributed by atoms with Crippen LogP contribution in [0.4, 0.5) is 0 Å². The fourth-order valence-corrected chi connectivity index (χ4v) is 7.76. The molecule has 14 N–H and O–H groups in total. The van der Waals surface area contributed by atoms with Gasteiger partial charge in [0.25, 0.3) is 0 Å². The van der Waals surface area contributed by atoms with Gasteiger partial charge in [-0.3, -0.25) is 0 Å². The molecule has 1 fully saturated rings. The molecular weight excluding hydrogens is 908 g/mol. The number of benzene rings is 5. The van der Waals surface area contributed by atoms with Gasteiger partial charge in [-0.2, -0.15) is 0 Å². The standard InChI is InChI=1S/C41H26O26/c42-12-1-7-18(26(50)22(12)46)19-8(2-13(43)23(47)27(19)51)39(58)67-35-34(66-38(7)57)33-17(63-41(35)60)6-61-36(55)10-5-16-32(64-40(59)11-4-15(45)25(49)30(54)31(11)62-16)29(53)21(10)20-9(37(56)65-33)3-14(44)24(48)28(20)52/h1-5,17,33-35,41-54,60H,6H2/t17-,33-,34+,35-,41?/m1/s1. The van der Waals surface area contributed by atoms with E-state index in [2.05, 4.69) is 0 Å². The number of phenols is 13. The average molecular weight is 935 g/mol. The maximum absolute atomic E-state index is 14.5. The number of phenolic OH excluding ortho intramolecular Hbond substituents is 13. The first-order valence-corrected chi connectivity index (χ1v) is 18.7. The van der Waals surface area contributed by atoms with Gasteiger partial charge in [0.05, 0.1) is 22.3 Å². The van der Waals surface area contributed by atoms with Crippen molar-refractivity contribution in [2.24, 2.45) is 0 Å². The highest BCUT2D eigenvalue weighted by Crippen LogP contribution is 2.58. The minimum Gasteiger partial charge on any atom is -0.504 e. The quantitative estimate of drug-likeness (QED) is 0.0454. The second-order valence-corrected chi connectivity index (χ2v) is 14.8. The lowest BCUT2D eigenvalue weighted by molar-refractivity contribution is -0.284. The highest BCUT2D eigenvalue weighted by molar-refractivity contribution is 6.10. The molecule has 1 saturated heterocycles. The zero-order valence-electron chi connectivity index (χ0n) is 32.6. The Morgan fingerprint density at radius 3 is 1.28 bits per heavy atom. The van der Waals surface area contributed by atoms with Gasteiger partial charge in [0.15, 0.2) is 82.1 Å². The summed E-state index contributed by atoms with van der Waals surface area (Å²) in [5.41, 5.74) is -8.97. The molecule has 0 radical (unpaired) electrons. The van der Waals surface area contributed by atoms with Crippen molar-refractivity contribution in [1.29, 1.82) is 0 Å². The predicted octanol–water partition coefficient (Wildman–Crippen LogP) is 1.70. The summed E-state index contributed by atoms with van der Waals surface area (Å²) < 4.78 is 38.5. The van der Waals surface area contributed by atoms with Crippen LogP contribution in [0.3, 0.4) is 0 Å². The normalized spacial score (nSPS) is 20.8. The Bertz CT molecular complexity index is 3120. The number of rotatable bonds is 0. The molecule has 1 unspecified atom stereocenters. The number of fused-ring (bicyclic) bond motifs is 11. The predicted molar refractivity (Wildman–Crippen MR) is 206 cm³/mol. The van der Waals surface area contributed by atoms with E-state index in [-0.39, 0.29) is 0 Å². The number of hydrogen-bond donors (Lipinski definition) is 14. The van der Waals surface area contributed by atoms with Gasteiger partial charge in [0.1, 0.15) is 18.3 Å². The molecule has 0 bridgehead atoms. The Balaban J connectivity index is 1.22. The molecule has 0 aliphatic carbocycles. The van der Waals surface area contributed by atoms with Crippen molar-refractivity contribution in [2.45, 2.75) is 30.7 Å². The first kappa shape index (κ1) is 42.9. The van der Waals surface area contributed by atoms with Gasteiger partial charge < -0.3 is 105 Å². The van der Waals surface area contributed by atoms with Crippen LogP contribution in [0, 0.1) is 0 Å². The summed E-state index contributed by atoms with van der Waals surface area (Å²) in [4.78, 5) is 70.1. The summed E-state index contributed by atoms with van der Waals surface area (Å²) in [7, 11) is 0. The number of esters is 5. The second-order valence-electron chi connectivity index (χ2n) is 14.8. The lowest BCUT2D eigenvalue weighted by Gasteiger charge is -2.43. The number of ether oxygens (including phenoxy) is 7. The number of carbonyl (C=O) groups is 5. The number of aliphatic hydroxyl groups is 1. The van der Waals surface area contributed by atoms with Crippen LogP contribution in [-0.2, 0) is 23.7 Å². The van der Waals surface area contributed by atoms with Crippen molar-refractivity contribution in [3.8, 4) is 114 Å². The van der Waals surface area contributed by atoms with E-state index < -0.39 is 209 Å². The molecule has 0 spiro atoms. The fourth-order valence-electron chi connectivity index (χ4n) is 7.76. The van der Waals surface area contributed by atoms with Gasteiger partial charge in [-0.05, 0) is 18.2 Å². The molecule has 0 aromatic heterocycles. The van der Waals surface area contributed by atoms with E-state index in [1.165, 1.54) is 0 Å². The lowest BCUT2D eigenvalue weighted by Crippen LogP contribution is -2.62. The molecule has 4 aliphatic heterocycles. The molecule has 0 saturated carbocycles. The minimum atomic E-state index is -2.48. The summed E-state index contributed by atoms with van der Waals surface area (Å²) in [5, 5.41) is 150. The van der Waals surface area contributed by atoms with Crippen LogP contribution < -0.4 is 9.47 Å². The molecule has 5 atom stereocenters. The van der Waals surface area contributed by atoms with Gasteiger partial charge in [-0.1, -0.05) is 0 Å². The van der Waals surface area contributed by atoms with E-state index in [0.717, 1.165) is 0 Å². The van der Waals surface area contributed by atoms with Gasteiger partial charge in [-0.15, -0.1) is 0 Å². The monoisotopic (exact) mass is 934 g/mol. The molecule has 26 nitrogen and oxygen atoms in total. The molecule has 346 valence electrons. The first-order valence-electron chi connectivity index (χ1n) is 18.7. The lowest BCUT2D eigenvalue weighted by atomic mass is 9.91. The minimum absolute atomic E-state index is 0.427. The van der Waals surface area contributed by atoms with Crippen molar-refractivity contribution in [1.82, 2.24) is 0 Å². The van der Waals surface area contributed by atoms with Gasteiger partial charge in [0, 0.05) is 34.4 Å². The molecule has 5 aromatic rings. The number of hydrogen-bond acceptors (Lipinski definition) is 26. The molecule has 26 heteroatoms. The topological polar surface area (TPSA) is 433 Å². The van der Waals surface area contributed by atoms with Crippen LogP contribution in [0.1, 0.15) is 51.8 Å². The summed E-state index contributed by atoms with van der Waals surface area (Å²) >= 11 is 0. The first-order chi connectivity index (χ1) is 31.6.